The van der Waals surface area contributed by atoms with Crippen molar-refractivity contribution in [1.29, 1.82) is 0 Å². The minimum absolute atomic E-state index is 0.102. The molecule has 0 bridgehead atoms. The van der Waals surface area contributed by atoms with Crippen LogP contribution in [0.2, 0.25) is 0 Å². The number of benzene rings is 2. The second kappa shape index (κ2) is 9.42. The van der Waals surface area contributed by atoms with Gasteiger partial charge in [-0.05, 0) is 48.7 Å². The number of carbonyl (C=O) groups is 2. The van der Waals surface area contributed by atoms with Crippen LogP contribution in [0.5, 0.6) is 17.2 Å². The number of amides is 1. The van der Waals surface area contributed by atoms with Crippen LogP contribution in [0, 0.1) is 17.0 Å². The lowest BCUT2D eigenvalue weighted by atomic mass is 9.97. The first-order valence-electron chi connectivity index (χ1n) is 10.0. The number of hydrogen-bond acceptors (Lipinski definition) is 6. The molecule has 7 nitrogen and oxygen atoms in total. The topological polar surface area (TPSA) is 83.1 Å². The maximum Gasteiger partial charge on any atom is 0.322 e. The average molecular weight is 449 g/mol. The molecule has 2 atom stereocenters. The van der Waals surface area contributed by atoms with E-state index in [1.54, 1.807) is 19.1 Å². The van der Waals surface area contributed by atoms with Gasteiger partial charge in [-0.1, -0.05) is 0 Å². The van der Waals surface area contributed by atoms with Crippen molar-refractivity contribution in [1.82, 2.24) is 5.32 Å². The van der Waals surface area contributed by atoms with Crippen molar-refractivity contribution in [3.63, 3.8) is 0 Å². The van der Waals surface area contributed by atoms with E-state index >= 15 is 0 Å². The zero-order valence-electron chi connectivity index (χ0n) is 18.3. The van der Waals surface area contributed by atoms with Gasteiger partial charge in [0.2, 0.25) is 11.7 Å². The van der Waals surface area contributed by atoms with Crippen molar-refractivity contribution in [2.75, 3.05) is 27.9 Å². The average Bonchev–Trinajstić information content (AvgIpc) is 3.53. The summed E-state index contributed by atoms with van der Waals surface area (Å²) in [4.78, 5) is 25.9. The van der Waals surface area contributed by atoms with Crippen LogP contribution in [0.3, 0.4) is 0 Å². The Morgan fingerprint density at radius 1 is 1.00 bits per heavy atom. The Kier molecular flexibility index (Phi) is 6.86. The first-order valence-corrected chi connectivity index (χ1v) is 10.0. The molecule has 1 fully saturated rings. The molecule has 0 spiro atoms. The first-order chi connectivity index (χ1) is 15.3. The number of halogens is 2. The predicted octanol–water partition coefficient (Wildman–Crippen LogP) is 3.34. The van der Waals surface area contributed by atoms with E-state index in [1.165, 1.54) is 21.3 Å². The minimum atomic E-state index is -1.47. The molecule has 2 unspecified atom stereocenters. The molecule has 1 amide bonds. The van der Waals surface area contributed by atoms with Crippen LogP contribution in [-0.2, 0) is 20.9 Å². The zero-order chi connectivity index (χ0) is 23.5. The van der Waals surface area contributed by atoms with Gasteiger partial charge in [0.25, 0.3) is 0 Å². The second-order valence-electron chi connectivity index (χ2n) is 7.37. The minimum Gasteiger partial charge on any atom is -0.493 e. The molecular formula is C23H25F2NO6. The Labute approximate surface area is 184 Å². The molecule has 1 N–H and O–H groups in total. The van der Waals surface area contributed by atoms with Crippen molar-refractivity contribution in [3.05, 3.63) is 53.1 Å². The van der Waals surface area contributed by atoms with Gasteiger partial charge >= 0.3 is 5.97 Å². The van der Waals surface area contributed by atoms with Crippen LogP contribution in [0.4, 0.5) is 8.78 Å². The Bertz CT molecular complexity index is 982. The lowest BCUT2D eigenvalue weighted by molar-refractivity contribution is -0.154. The molecule has 2 aromatic rings. The molecule has 0 radical (unpaired) electrons. The number of ether oxygens (including phenoxy) is 4. The van der Waals surface area contributed by atoms with E-state index < -0.39 is 34.8 Å². The highest BCUT2D eigenvalue weighted by Gasteiger charge is 2.67. The van der Waals surface area contributed by atoms with Gasteiger partial charge in [0.05, 0.1) is 27.9 Å². The van der Waals surface area contributed by atoms with Gasteiger partial charge in [-0.3, -0.25) is 9.59 Å². The third kappa shape index (κ3) is 4.32. The van der Waals surface area contributed by atoms with Gasteiger partial charge in [-0.15, -0.1) is 0 Å². The smallest absolute Gasteiger partial charge is 0.322 e. The van der Waals surface area contributed by atoms with Crippen LogP contribution in [-0.4, -0.2) is 39.8 Å². The maximum atomic E-state index is 13.5. The third-order valence-electron chi connectivity index (χ3n) is 5.47. The summed E-state index contributed by atoms with van der Waals surface area (Å²) in [5.41, 5.74) is -0.591. The highest BCUT2D eigenvalue weighted by molar-refractivity contribution is 6.07. The molecule has 32 heavy (non-hydrogen) atoms. The number of hydrogen-bond donors (Lipinski definition) is 1. The van der Waals surface area contributed by atoms with Crippen LogP contribution in [0.1, 0.15) is 30.4 Å². The van der Waals surface area contributed by atoms with Crippen LogP contribution in [0.25, 0.3) is 0 Å². The fourth-order valence-corrected chi connectivity index (χ4v) is 3.85. The van der Waals surface area contributed by atoms with E-state index in [4.69, 9.17) is 18.9 Å². The van der Waals surface area contributed by atoms with E-state index in [-0.39, 0.29) is 25.1 Å². The summed E-state index contributed by atoms with van der Waals surface area (Å²) in [5.74, 6) is -2.09. The molecule has 0 heterocycles. The number of rotatable bonds is 9. The van der Waals surface area contributed by atoms with Gasteiger partial charge in [-0.2, -0.15) is 0 Å². The summed E-state index contributed by atoms with van der Waals surface area (Å²) in [7, 11) is 4.41. The van der Waals surface area contributed by atoms with E-state index in [1.807, 2.05) is 0 Å². The molecule has 2 aromatic carbocycles. The molecule has 1 saturated carbocycles. The lowest BCUT2D eigenvalue weighted by Crippen LogP contribution is -2.39. The highest BCUT2D eigenvalue weighted by Crippen LogP contribution is 2.61. The summed E-state index contributed by atoms with van der Waals surface area (Å²) in [6.07, 6.45) is 0.202. The normalized spacial score (nSPS) is 19.1. The monoisotopic (exact) mass is 449 g/mol. The van der Waals surface area contributed by atoms with Crippen molar-refractivity contribution >= 4 is 11.9 Å². The van der Waals surface area contributed by atoms with E-state index in [0.29, 0.717) is 22.8 Å². The van der Waals surface area contributed by atoms with Crippen molar-refractivity contribution < 1.29 is 37.3 Å². The van der Waals surface area contributed by atoms with E-state index in [0.717, 1.165) is 18.2 Å². The maximum absolute atomic E-state index is 13.5. The van der Waals surface area contributed by atoms with Crippen molar-refractivity contribution in [2.45, 2.75) is 25.8 Å². The number of carbonyl (C=O) groups excluding carboxylic acids is 2. The summed E-state index contributed by atoms with van der Waals surface area (Å²) in [6, 6.07) is 6.34. The molecule has 0 aliphatic heterocycles. The summed E-state index contributed by atoms with van der Waals surface area (Å²) in [5, 5.41) is 2.61. The molecule has 1 aliphatic carbocycles. The Morgan fingerprint density at radius 2 is 1.59 bits per heavy atom. The second-order valence-corrected chi connectivity index (χ2v) is 7.37. The summed E-state index contributed by atoms with van der Waals surface area (Å²) in [6.45, 7) is 1.61. The highest BCUT2D eigenvalue weighted by atomic mass is 19.1. The van der Waals surface area contributed by atoms with E-state index in [2.05, 4.69) is 5.32 Å². The Morgan fingerprint density at radius 3 is 2.09 bits per heavy atom. The van der Waals surface area contributed by atoms with Gasteiger partial charge in [0.15, 0.2) is 16.9 Å². The van der Waals surface area contributed by atoms with Crippen LogP contribution < -0.4 is 19.5 Å². The molecule has 9 heteroatoms. The standard InChI is InChI=1S/C23H25F2NO6/c1-5-32-22(28)23(21(27)26-12-13-6-15(24)10-16(25)7-13)11-17(23)14-8-18(29-2)20(31-4)19(9-14)30-3/h6-10,17H,5,11-12H2,1-4H3,(H,26,27). The van der Waals surface area contributed by atoms with Crippen LogP contribution >= 0.6 is 0 Å². The summed E-state index contributed by atoms with van der Waals surface area (Å²) < 4.78 is 48.2. The number of esters is 1. The largest absolute Gasteiger partial charge is 0.493 e. The molecule has 1 aliphatic rings. The SMILES string of the molecule is CCOC(=O)C1(C(=O)NCc2cc(F)cc(F)c2)CC1c1cc(OC)c(OC)c(OC)c1. The van der Waals surface area contributed by atoms with Gasteiger partial charge in [0.1, 0.15) is 11.6 Å². The fraction of sp³-hybridized carbons (Fsp3) is 0.391. The lowest BCUT2D eigenvalue weighted by Gasteiger charge is -2.18. The van der Waals surface area contributed by atoms with Crippen molar-refractivity contribution in [2.24, 2.45) is 5.41 Å². The van der Waals surface area contributed by atoms with Crippen LogP contribution in [0.15, 0.2) is 30.3 Å². The first kappa shape index (κ1) is 23.3. The Balaban J connectivity index is 1.90. The third-order valence-corrected chi connectivity index (χ3v) is 5.47. The van der Waals surface area contributed by atoms with Gasteiger partial charge < -0.3 is 24.3 Å². The predicted molar refractivity (Wildman–Crippen MR) is 111 cm³/mol. The van der Waals surface area contributed by atoms with Crippen molar-refractivity contribution in [3.8, 4) is 17.2 Å². The molecule has 3 rings (SSSR count). The van der Waals surface area contributed by atoms with Gasteiger partial charge in [-0.25, -0.2) is 8.78 Å². The van der Waals surface area contributed by atoms with E-state index in [9.17, 15) is 18.4 Å². The quantitative estimate of drug-likeness (QED) is 0.467. The fourth-order valence-electron chi connectivity index (χ4n) is 3.85. The van der Waals surface area contributed by atoms with Gasteiger partial charge in [0, 0.05) is 18.5 Å². The summed E-state index contributed by atoms with van der Waals surface area (Å²) >= 11 is 0. The zero-order valence-corrected chi connectivity index (χ0v) is 18.3. The number of nitrogens with one attached hydrogen (secondary N) is 1. The molecular weight excluding hydrogens is 424 g/mol. The molecule has 0 saturated heterocycles. The molecule has 172 valence electrons. The number of methoxy groups -OCH3 is 3. The Hall–Kier alpha value is -3.36. The molecule has 0 aromatic heterocycles.